The van der Waals surface area contributed by atoms with Crippen molar-refractivity contribution in [2.45, 2.75) is 13.3 Å². The molecule has 178 valence electrons. The summed E-state index contributed by atoms with van der Waals surface area (Å²) in [6, 6.07) is 13.0. The summed E-state index contributed by atoms with van der Waals surface area (Å²) in [7, 11) is 1.53. The lowest BCUT2D eigenvalue weighted by Crippen LogP contribution is -2.43. The van der Waals surface area contributed by atoms with Crippen molar-refractivity contribution in [2.75, 3.05) is 44.9 Å². The molecule has 2 heterocycles. The summed E-state index contributed by atoms with van der Waals surface area (Å²) in [6.45, 7) is 4.18. The zero-order valence-corrected chi connectivity index (χ0v) is 20.0. The monoisotopic (exact) mass is 481 g/mol. The van der Waals surface area contributed by atoms with Gasteiger partial charge in [0, 0.05) is 13.1 Å². The SMILES string of the molecule is CCc1cccc(N2C(=O)/C(=C\c3ccc(OCC(=O)N4CCOCC4)c(OC)c3)NC2=S)c1. The van der Waals surface area contributed by atoms with E-state index in [9.17, 15) is 9.59 Å². The minimum atomic E-state index is -0.228. The number of aryl methyl sites for hydroxylation is 1. The van der Waals surface area contributed by atoms with Crippen LogP contribution in [0.25, 0.3) is 6.08 Å². The molecule has 2 aromatic rings. The van der Waals surface area contributed by atoms with Gasteiger partial charge in [0.1, 0.15) is 5.70 Å². The Hall–Kier alpha value is -3.43. The van der Waals surface area contributed by atoms with Gasteiger partial charge in [-0.05, 0) is 60.1 Å². The van der Waals surface area contributed by atoms with E-state index in [-0.39, 0.29) is 18.4 Å². The molecule has 0 saturated carbocycles. The molecule has 2 aliphatic rings. The highest BCUT2D eigenvalue weighted by atomic mass is 32.1. The van der Waals surface area contributed by atoms with Crippen LogP contribution in [-0.2, 0) is 20.7 Å². The van der Waals surface area contributed by atoms with Crippen LogP contribution in [0, 0.1) is 0 Å². The molecule has 0 bridgehead atoms. The van der Waals surface area contributed by atoms with Gasteiger partial charge in [0.15, 0.2) is 23.2 Å². The summed E-state index contributed by atoms with van der Waals surface area (Å²) in [5.74, 6) is 0.585. The van der Waals surface area contributed by atoms with Crippen molar-refractivity contribution >= 4 is 40.9 Å². The molecule has 0 atom stereocenters. The number of hydrogen-bond donors (Lipinski definition) is 1. The third-order valence-electron chi connectivity index (χ3n) is 5.67. The summed E-state index contributed by atoms with van der Waals surface area (Å²) >= 11 is 5.42. The van der Waals surface area contributed by atoms with Gasteiger partial charge >= 0.3 is 0 Å². The number of hydrogen-bond acceptors (Lipinski definition) is 6. The number of methoxy groups -OCH3 is 1. The lowest BCUT2D eigenvalue weighted by atomic mass is 10.1. The second-order valence-electron chi connectivity index (χ2n) is 7.84. The van der Waals surface area contributed by atoms with Crippen molar-refractivity contribution in [1.29, 1.82) is 0 Å². The first-order valence-electron chi connectivity index (χ1n) is 11.1. The molecule has 4 rings (SSSR count). The standard InChI is InChI=1S/C25H27N3O5S/c1-3-17-5-4-6-19(13-17)28-24(30)20(26-25(28)34)14-18-7-8-21(22(15-18)31-2)33-16-23(29)27-9-11-32-12-10-27/h4-8,13-15H,3,9-12,16H2,1-2H3,(H,26,34)/b20-14+. The van der Waals surface area contributed by atoms with Gasteiger partial charge in [-0.25, -0.2) is 0 Å². The van der Waals surface area contributed by atoms with E-state index in [1.807, 2.05) is 24.3 Å². The Morgan fingerprint density at radius 2 is 1.97 bits per heavy atom. The number of morpholine rings is 1. The van der Waals surface area contributed by atoms with Crippen LogP contribution in [0.4, 0.5) is 5.69 Å². The van der Waals surface area contributed by atoms with Crippen LogP contribution < -0.4 is 19.7 Å². The molecule has 0 spiro atoms. The van der Waals surface area contributed by atoms with E-state index in [0.717, 1.165) is 23.2 Å². The molecule has 0 unspecified atom stereocenters. The lowest BCUT2D eigenvalue weighted by Gasteiger charge is -2.26. The predicted octanol–water partition coefficient (Wildman–Crippen LogP) is 2.76. The maximum absolute atomic E-state index is 13.1. The fourth-order valence-corrected chi connectivity index (χ4v) is 4.09. The largest absolute Gasteiger partial charge is 0.493 e. The Morgan fingerprint density at radius 3 is 2.71 bits per heavy atom. The highest BCUT2D eigenvalue weighted by molar-refractivity contribution is 7.80. The Morgan fingerprint density at radius 1 is 1.18 bits per heavy atom. The Balaban J connectivity index is 1.47. The molecule has 2 aliphatic heterocycles. The van der Waals surface area contributed by atoms with Gasteiger partial charge in [-0.2, -0.15) is 0 Å². The van der Waals surface area contributed by atoms with Gasteiger partial charge in [0.2, 0.25) is 0 Å². The Kier molecular flexibility index (Phi) is 7.44. The van der Waals surface area contributed by atoms with E-state index in [4.69, 9.17) is 26.4 Å². The molecular weight excluding hydrogens is 454 g/mol. The molecule has 2 amide bonds. The van der Waals surface area contributed by atoms with Crippen LogP contribution in [-0.4, -0.2) is 61.8 Å². The molecule has 1 N–H and O–H groups in total. The summed E-state index contributed by atoms with van der Waals surface area (Å²) in [4.78, 5) is 28.6. The molecule has 8 nitrogen and oxygen atoms in total. The van der Waals surface area contributed by atoms with Crippen LogP contribution >= 0.6 is 12.2 Å². The molecular formula is C25H27N3O5S. The third-order valence-corrected chi connectivity index (χ3v) is 5.95. The minimum Gasteiger partial charge on any atom is -0.493 e. The fourth-order valence-electron chi connectivity index (χ4n) is 3.79. The van der Waals surface area contributed by atoms with Crippen molar-refractivity contribution in [3.05, 3.63) is 59.3 Å². The minimum absolute atomic E-state index is 0.0864. The lowest BCUT2D eigenvalue weighted by molar-refractivity contribution is -0.137. The number of amides is 2. The first kappa shape index (κ1) is 23.7. The van der Waals surface area contributed by atoms with Crippen molar-refractivity contribution in [2.24, 2.45) is 0 Å². The van der Waals surface area contributed by atoms with Gasteiger partial charge in [0.05, 0.1) is 26.0 Å². The Labute approximate surface area is 204 Å². The molecule has 0 aromatic heterocycles. The smallest absolute Gasteiger partial charge is 0.281 e. The van der Waals surface area contributed by atoms with E-state index in [0.29, 0.717) is 48.6 Å². The summed E-state index contributed by atoms with van der Waals surface area (Å²) in [5.41, 5.74) is 2.95. The number of rotatable bonds is 7. The van der Waals surface area contributed by atoms with E-state index >= 15 is 0 Å². The second-order valence-corrected chi connectivity index (χ2v) is 8.23. The molecule has 34 heavy (non-hydrogen) atoms. The zero-order chi connectivity index (χ0) is 24.1. The van der Waals surface area contributed by atoms with E-state index in [2.05, 4.69) is 12.2 Å². The second kappa shape index (κ2) is 10.7. The fraction of sp³-hybridized carbons (Fsp3) is 0.320. The maximum atomic E-state index is 13.1. The van der Waals surface area contributed by atoms with Gasteiger partial charge in [-0.15, -0.1) is 0 Å². The number of nitrogens with zero attached hydrogens (tertiary/aromatic N) is 2. The zero-order valence-electron chi connectivity index (χ0n) is 19.2. The quantitative estimate of drug-likeness (QED) is 0.481. The first-order chi connectivity index (χ1) is 16.5. The summed E-state index contributed by atoms with van der Waals surface area (Å²) in [5, 5.41) is 3.33. The van der Waals surface area contributed by atoms with Crippen LogP contribution in [0.5, 0.6) is 11.5 Å². The average molecular weight is 482 g/mol. The summed E-state index contributed by atoms with van der Waals surface area (Å²) in [6.07, 6.45) is 2.58. The average Bonchev–Trinajstić information content (AvgIpc) is 3.15. The first-order valence-corrected chi connectivity index (χ1v) is 11.5. The highest BCUT2D eigenvalue weighted by Crippen LogP contribution is 2.30. The Bertz CT molecular complexity index is 1130. The number of carbonyl (C=O) groups excluding carboxylic acids is 2. The number of thiocarbonyl (C=S) groups is 1. The van der Waals surface area contributed by atoms with Crippen LogP contribution in [0.2, 0.25) is 0 Å². The number of ether oxygens (including phenoxy) is 3. The van der Waals surface area contributed by atoms with Gasteiger partial charge in [0.25, 0.3) is 11.8 Å². The molecule has 2 saturated heterocycles. The topological polar surface area (TPSA) is 80.3 Å². The van der Waals surface area contributed by atoms with Crippen molar-refractivity contribution < 1.29 is 23.8 Å². The number of carbonyl (C=O) groups is 2. The predicted molar refractivity (Wildman–Crippen MR) is 133 cm³/mol. The molecule has 0 aliphatic carbocycles. The number of nitrogens with one attached hydrogen (secondary N) is 1. The van der Waals surface area contributed by atoms with Crippen molar-refractivity contribution in [3.63, 3.8) is 0 Å². The highest BCUT2D eigenvalue weighted by Gasteiger charge is 2.32. The van der Waals surface area contributed by atoms with Crippen molar-refractivity contribution in [3.8, 4) is 11.5 Å². The van der Waals surface area contributed by atoms with E-state index in [1.54, 1.807) is 29.2 Å². The molecule has 9 heteroatoms. The molecule has 2 fully saturated rings. The van der Waals surface area contributed by atoms with Crippen LogP contribution in [0.1, 0.15) is 18.1 Å². The van der Waals surface area contributed by atoms with E-state index < -0.39 is 0 Å². The van der Waals surface area contributed by atoms with E-state index in [1.165, 1.54) is 12.0 Å². The third kappa shape index (κ3) is 5.21. The maximum Gasteiger partial charge on any atom is 0.281 e. The van der Waals surface area contributed by atoms with Crippen LogP contribution in [0.3, 0.4) is 0 Å². The number of anilines is 1. The van der Waals surface area contributed by atoms with Gasteiger partial charge in [-0.1, -0.05) is 25.1 Å². The van der Waals surface area contributed by atoms with Crippen molar-refractivity contribution in [1.82, 2.24) is 10.2 Å². The molecule has 0 radical (unpaired) electrons. The van der Waals surface area contributed by atoms with Crippen LogP contribution in [0.15, 0.2) is 48.2 Å². The van der Waals surface area contributed by atoms with Gasteiger partial charge in [-0.3, -0.25) is 14.5 Å². The molecule has 2 aromatic carbocycles. The number of benzene rings is 2. The van der Waals surface area contributed by atoms with Gasteiger partial charge < -0.3 is 24.4 Å². The summed E-state index contributed by atoms with van der Waals surface area (Å²) < 4.78 is 16.4. The normalized spacial score (nSPS) is 17.2.